The molecule has 0 aliphatic carbocycles. The molecule has 0 fully saturated rings. The van der Waals surface area contributed by atoms with Crippen molar-refractivity contribution in [1.82, 2.24) is 5.43 Å². The zero-order valence-electron chi connectivity index (χ0n) is 20.7. The fraction of sp³-hybridized carbons (Fsp3) is 0.179. The third-order valence-electron chi connectivity index (χ3n) is 5.35. The Bertz CT molecular complexity index is 1480. The second kappa shape index (κ2) is 12.3. The number of nitrogens with zero attached hydrogens (tertiary/aromatic N) is 1. The van der Waals surface area contributed by atoms with Crippen LogP contribution in [0.3, 0.4) is 0 Å². The first-order valence-corrected chi connectivity index (χ1v) is 12.6. The molecule has 0 spiro atoms. The Hall–Kier alpha value is -4.31. The van der Waals surface area contributed by atoms with E-state index in [4.69, 9.17) is 23.7 Å². The van der Waals surface area contributed by atoms with Gasteiger partial charge in [0.15, 0.2) is 17.3 Å². The minimum Gasteiger partial charge on any atom is -0.494 e. The third kappa shape index (κ3) is 6.51. The lowest BCUT2D eigenvalue weighted by atomic mass is 10.1. The molecule has 3 aromatic carbocycles. The van der Waals surface area contributed by atoms with Crippen molar-refractivity contribution in [2.45, 2.75) is 20.5 Å². The SMILES string of the molecule is CCOc1ccc2oc(C(=O)N/N=C/c3cc(OCC)c(OCc4ccc(C(=O)O)cc4)cc3Br)cc2c1. The van der Waals surface area contributed by atoms with Gasteiger partial charge in [0, 0.05) is 15.4 Å². The highest BCUT2D eigenvalue weighted by molar-refractivity contribution is 9.10. The summed E-state index contributed by atoms with van der Waals surface area (Å²) in [7, 11) is 0. The number of carboxylic acid groups (broad SMARTS) is 1. The van der Waals surface area contributed by atoms with Crippen molar-refractivity contribution in [3.8, 4) is 17.2 Å². The fourth-order valence-corrected chi connectivity index (χ4v) is 3.97. The number of hydrogen-bond acceptors (Lipinski definition) is 7. The van der Waals surface area contributed by atoms with Crippen molar-refractivity contribution in [2.75, 3.05) is 13.2 Å². The standard InChI is InChI=1S/C28H25BrN2O7/c1-3-35-21-9-10-23-19(11-21)12-26(38-23)27(32)31-30-15-20-13-24(36-4-2)25(14-22(20)29)37-16-17-5-7-18(8-6-17)28(33)34/h5-15H,3-4,16H2,1-2H3,(H,31,32)(H,33,34)/b30-15+. The number of hydrazone groups is 1. The Kier molecular flexibility index (Phi) is 8.65. The van der Waals surface area contributed by atoms with Gasteiger partial charge in [0.25, 0.3) is 0 Å². The molecular weight excluding hydrogens is 556 g/mol. The first kappa shape index (κ1) is 26.7. The van der Waals surface area contributed by atoms with Crippen molar-refractivity contribution in [1.29, 1.82) is 0 Å². The van der Waals surface area contributed by atoms with Crippen molar-refractivity contribution < 1.29 is 33.3 Å². The molecule has 38 heavy (non-hydrogen) atoms. The summed E-state index contributed by atoms with van der Waals surface area (Å²) in [6, 6.07) is 16.9. The summed E-state index contributed by atoms with van der Waals surface area (Å²) in [5.41, 5.74) is 4.71. The molecule has 196 valence electrons. The lowest BCUT2D eigenvalue weighted by Gasteiger charge is -2.14. The fourth-order valence-electron chi connectivity index (χ4n) is 3.54. The molecule has 0 saturated heterocycles. The minimum atomic E-state index is -0.984. The maximum atomic E-state index is 12.6. The van der Waals surface area contributed by atoms with Gasteiger partial charge >= 0.3 is 11.9 Å². The summed E-state index contributed by atoms with van der Waals surface area (Å²) >= 11 is 3.50. The molecule has 10 heteroatoms. The molecule has 2 N–H and O–H groups in total. The molecule has 1 amide bonds. The second-order valence-corrected chi connectivity index (χ2v) is 8.84. The van der Waals surface area contributed by atoms with Gasteiger partial charge in [-0.3, -0.25) is 4.79 Å². The van der Waals surface area contributed by atoms with Crippen LogP contribution in [-0.4, -0.2) is 36.4 Å². The topological polar surface area (TPSA) is 120 Å². The number of carbonyl (C=O) groups is 2. The van der Waals surface area contributed by atoms with Crippen LogP contribution in [0.5, 0.6) is 17.2 Å². The molecule has 4 aromatic rings. The number of carbonyl (C=O) groups excluding carboxylic acids is 1. The lowest BCUT2D eigenvalue weighted by molar-refractivity contribution is 0.0696. The zero-order valence-corrected chi connectivity index (χ0v) is 22.3. The molecule has 0 unspecified atom stereocenters. The van der Waals surface area contributed by atoms with Crippen LogP contribution in [0.2, 0.25) is 0 Å². The van der Waals surface area contributed by atoms with Gasteiger partial charge in [-0.1, -0.05) is 12.1 Å². The molecule has 0 saturated carbocycles. The Morgan fingerprint density at radius 1 is 0.974 bits per heavy atom. The lowest BCUT2D eigenvalue weighted by Crippen LogP contribution is -2.16. The van der Waals surface area contributed by atoms with Crippen LogP contribution < -0.4 is 19.6 Å². The van der Waals surface area contributed by atoms with Crippen LogP contribution >= 0.6 is 15.9 Å². The molecule has 0 atom stereocenters. The van der Waals surface area contributed by atoms with Gasteiger partial charge in [-0.2, -0.15) is 5.10 Å². The molecule has 1 heterocycles. The number of halogens is 1. The predicted octanol–water partition coefficient (Wildman–Crippen LogP) is 6.03. The number of amides is 1. The number of hydrogen-bond donors (Lipinski definition) is 2. The number of carboxylic acids is 1. The van der Waals surface area contributed by atoms with Crippen molar-refractivity contribution in [3.05, 3.63) is 87.6 Å². The van der Waals surface area contributed by atoms with E-state index in [1.807, 2.05) is 19.9 Å². The molecule has 0 bridgehead atoms. The predicted molar refractivity (Wildman–Crippen MR) is 145 cm³/mol. The molecular formula is C28H25BrN2O7. The molecule has 0 aliphatic heterocycles. The van der Waals surface area contributed by atoms with E-state index in [1.54, 1.807) is 42.5 Å². The average molecular weight is 581 g/mol. The molecule has 4 rings (SSSR count). The van der Waals surface area contributed by atoms with Crippen LogP contribution in [0.1, 0.15) is 45.9 Å². The highest BCUT2D eigenvalue weighted by Crippen LogP contribution is 2.34. The van der Waals surface area contributed by atoms with Crippen LogP contribution in [-0.2, 0) is 6.61 Å². The van der Waals surface area contributed by atoms with Gasteiger partial charge in [-0.25, -0.2) is 10.2 Å². The van der Waals surface area contributed by atoms with E-state index in [1.165, 1.54) is 18.3 Å². The van der Waals surface area contributed by atoms with E-state index >= 15 is 0 Å². The summed E-state index contributed by atoms with van der Waals surface area (Å²) in [5, 5.41) is 13.9. The first-order valence-electron chi connectivity index (χ1n) is 11.8. The molecule has 1 aromatic heterocycles. The number of aromatic carboxylic acids is 1. The van der Waals surface area contributed by atoms with E-state index in [9.17, 15) is 9.59 Å². The first-order chi connectivity index (χ1) is 18.4. The highest BCUT2D eigenvalue weighted by atomic mass is 79.9. The number of ether oxygens (including phenoxy) is 3. The van der Waals surface area contributed by atoms with E-state index in [2.05, 4.69) is 26.5 Å². The van der Waals surface area contributed by atoms with Gasteiger partial charge in [0.1, 0.15) is 17.9 Å². The van der Waals surface area contributed by atoms with Crippen molar-refractivity contribution >= 4 is 45.0 Å². The van der Waals surface area contributed by atoms with Gasteiger partial charge in [-0.15, -0.1) is 0 Å². The Morgan fingerprint density at radius 2 is 1.71 bits per heavy atom. The highest BCUT2D eigenvalue weighted by Gasteiger charge is 2.14. The summed E-state index contributed by atoms with van der Waals surface area (Å²) in [6.45, 7) is 4.93. The van der Waals surface area contributed by atoms with Crippen LogP contribution in [0.15, 0.2) is 74.7 Å². The van der Waals surface area contributed by atoms with E-state index in [0.29, 0.717) is 46.1 Å². The number of benzene rings is 3. The average Bonchev–Trinajstić information content (AvgIpc) is 3.33. The van der Waals surface area contributed by atoms with E-state index in [-0.39, 0.29) is 17.9 Å². The van der Waals surface area contributed by atoms with Crippen molar-refractivity contribution in [3.63, 3.8) is 0 Å². The zero-order chi connectivity index (χ0) is 27.1. The number of nitrogens with one attached hydrogen (secondary N) is 1. The molecule has 0 aliphatic rings. The summed E-state index contributed by atoms with van der Waals surface area (Å²) < 4.78 is 23.4. The quantitative estimate of drug-likeness (QED) is 0.164. The van der Waals surface area contributed by atoms with Gasteiger partial charge < -0.3 is 23.7 Å². The maximum Gasteiger partial charge on any atom is 0.335 e. The second-order valence-electron chi connectivity index (χ2n) is 7.99. The smallest absolute Gasteiger partial charge is 0.335 e. The normalized spacial score (nSPS) is 11.0. The van der Waals surface area contributed by atoms with Gasteiger partial charge in [0.05, 0.1) is 25.0 Å². The largest absolute Gasteiger partial charge is 0.494 e. The Morgan fingerprint density at radius 3 is 2.42 bits per heavy atom. The number of furan rings is 1. The monoisotopic (exact) mass is 580 g/mol. The number of rotatable bonds is 11. The van der Waals surface area contributed by atoms with Gasteiger partial charge in [-0.05, 0) is 83.9 Å². The third-order valence-corrected chi connectivity index (χ3v) is 6.04. The Labute approximate surface area is 227 Å². The van der Waals surface area contributed by atoms with E-state index in [0.717, 1.165) is 10.9 Å². The maximum absolute atomic E-state index is 12.6. The number of fused-ring (bicyclic) bond motifs is 1. The van der Waals surface area contributed by atoms with Gasteiger partial charge in [0.2, 0.25) is 0 Å². The summed E-state index contributed by atoms with van der Waals surface area (Å²) in [6.07, 6.45) is 1.48. The Balaban J connectivity index is 1.44. The van der Waals surface area contributed by atoms with Crippen LogP contribution in [0.4, 0.5) is 0 Å². The molecule has 9 nitrogen and oxygen atoms in total. The molecule has 0 radical (unpaired) electrons. The van der Waals surface area contributed by atoms with Crippen LogP contribution in [0.25, 0.3) is 11.0 Å². The summed E-state index contributed by atoms with van der Waals surface area (Å²) in [5.74, 6) is 0.334. The van der Waals surface area contributed by atoms with E-state index < -0.39 is 11.9 Å². The van der Waals surface area contributed by atoms with Crippen molar-refractivity contribution in [2.24, 2.45) is 5.10 Å². The summed E-state index contributed by atoms with van der Waals surface area (Å²) in [4.78, 5) is 23.6. The van der Waals surface area contributed by atoms with Crippen LogP contribution in [0, 0.1) is 0 Å². The minimum absolute atomic E-state index is 0.125.